The second kappa shape index (κ2) is 4.42. The van der Waals surface area contributed by atoms with Gasteiger partial charge in [-0.2, -0.15) is 0 Å². The molecule has 0 aliphatic carbocycles. The molecule has 1 heterocycles. The van der Waals surface area contributed by atoms with Crippen molar-refractivity contribution in [2.24, 2.45) is 0 Å². The molecule has 12 heavy (non-hydrogen) atoms. The molecule has 1 fully saturated rings. The number of rotatable bonds is 2. The van der Waals surface area contributed by atoms with E-state index in [2.05, 4.69) is 11.7 Å². The first-order valence-corrected chi connectivity index (χ1v) is 5.98. The van der Waals surface area contributed by atoms with E-state index in [1.54, 1.807) is 0 Å². The normalized spacial score (nSPS) is 21.8. The first kappa shape index (κ1) is 10.3. The fourth-order valence-electron chi connectivity index (χ4n) is 1.11. The minimum absolute atomic E-state index is 0.0609. The molecular formula is C8H14O2S2. The van der Waals surface area contributed by atoms with Crippen molar-refractivity contribution in [3.8, 4) is 0 Å². The number of ether oxygens (including phenoxy) is 1. The molecule has 1 aliphatic heterocycles. The summed E-state index contributed by atoms with van der Waals surface area (Å²) < 4.78 is 4.71. The number of hydrogen-bond donors (Lipinski definition) is 0. The van der Waals surface area contributed by atoms with E-state index in [9.17, 15) is 4.79 Å². The molecule has 4 heteroatoms. The Hall–Kier alpha value is 0.170. The van der Waals surface area contributed by atoms with Gasteiger partial charge in [0.15, 0.2) is 0 Å². The third kappa shape index (κ3) is 2.90. The minimum atomic E-state index is -0.0978. The van der Waals surface area contributed by atoms with E-state index in [1.165, 1.54) is 25.0 Å². The molecule has 0 amide bonds. The van der Waals surface area contributed by atoms with Crippen molar-refractivity contribution in [1.29, 1.82) is 0 Å². The molecule has 0 bridgehead atoms. The Morgan fingerprint density at radius 2 is 2.08 bits per heavy atom. The van der Waals surface area contributed by atoms with Crippen LogP contribution in [-0.2, 0) is 9.53 Å². The molecule has 1 aliphatic rings. The van der Waals surface area contributed by atoms with Gasteiger partial charge in [0.1, 0.15) is 0 Å². The maximum Gasteiger partial charge on any atom is 0.307 e. The summed E-state index contributed by atoms with van der Waals surface area (Å²) in [6.07, 6.45) is 1.78. The fraction of sp³-hybridized carbons (Fsp3) is 0.875. The second-order valence-electron chi connectivity index (χ2n) is 2.94. The molecule has 0 aromatic rings. The summed E-state index contributed by atoms with van der Waals surface area (Å²) in [7, 11) is 1.45. The molecule has 0 radical (unpaired) electrons. The van der Waals surface area contributed by atoms with Gasteiger partial charge in [-0.1, -0.05) is 0 Å². The third-order valence-corrected chi connectivity index (χ3v) is 5.00. The SMILES string of the molecule is COC(=O)CC1(C)SCCCS1. The van der Waals surface area contributed by atoms with Gasteiger partial charge in [-0.15, -0.1) is 23.5 Å². The third-order valence-electron chi connectivity index (χ3n) is 1.80. The highest BCUT2D eigenvalue weighted by Gasteiger charge is 2.31. The maximum atomic E-state index is 11.0. The number of carbonyl (C=O) groups is 1. The summed E-state index contributed by atoms with van der Waals surface area (Å²) in [5.74, 6) is 2.24. The highest BCUT2D eigenvalue weighted by atomic mass is 32.2. The molecule has 0 spiro atoms. The topological polar surface area (TPSA) is 26.3 Å². The molecule has 0 saturated carbocycles. The van der Waals surface area contributed by atoms with Gasteiger partial charge in [0, 0.05) is 0 Å². The zero-order chi connectivity index (χ0) is 9.03. The summed E-state index contributed by atoms with van der Waals surface area (Å²) in [4.78, 5) is 11.0. The quantitative estimate of drug-likeness (QED) is 0.647. The largest absolute Gasteiger partial charge is 0.469 e. The van der Waals surface area contributed by atoms with Crippen LogP contribution in [-0.4, -0.2) is 28.7 Å². The first-order valence-electron chi connectivity index (χ1n) is 4.01. The van der Waals surface area contributed by atoms with Crippen molar-refractivity contribution in [2.45, 2.75) is 23.8 Å². The van der Waals surface area contributed by atoms with Gasteiger partial charge in [0.2, 0.25) is 0 Å². The zero-order valence-electron chi connectivity index (χ0n) is 7.46. The van der Waals surface area contributed by atoms with Crippen molar-refractivity contribution in [1.82, 2.24) is 0 Å². The molecule has 0 aromatic heterocycles. The first-order chi connectivity index (χ1) is 5.66. The Labute approximate surface area is 81.8 Å². The molecular weight excluding hydrogens is 192 g/mol. The van der Waals surface area contributed by atoms with Gasteiger partial charge in [0.05, 0.1) is 17.6 Å². The van der Waals surface area contributed by atoms with Crippen molar-refractivity contribution < 1.29 is 9.53 Å². The summed E-state index contributed by atoms with van der Waals surface area (Å²) in [5, 5.41) is 0. The van der Waals surface area contributed by atoms with Gasteiger partial charge < -0.3 is 4.74 Å². The van der Waals surface area contributed by atoms with E-state index >= 15 is 0 Å². The number of thioether (sulfide) groups is 2. The van der Waals surface area contributed by atoms with Gasteiger partial charge in [0.25, 0.3) is 0 Å². The lowest BCUT2D eigenvalue weighted by Gasteiger charge is -2.31. The summed E-state index contributed by atoms with van der Waals surface area (Å²) in [6.45, 7) is 2.12. The van der Waals surface area contributed by atoms with Crippen LogP contribution in [0.1, 0.15) is 19.8 Å². The average Bonchev–Trinajstić information content (AvgIpc) is 2.05. The molecule has 0 N–H and O–H groups in total. The maximum absolute atomic E-state index is 11.0. The van der Waals surface area contributed by atoms with E-state index in [4.69, 9.17) is 0 Å². The zero-order valence-corrected chi connectivity index (χ0v) is 9.09. The number of hydrogen-bond acceptors (Lipinski definition) is 4. The van der Waals surface area contributed by atoms with E-state index in [1.807, 2.05) is 23.5 Å². The lowest BCUT2D eigenvalue weighted by Crippen LogP contribution is -2.25. The van der Waals surface area contributed by atoms with Crippen molar-refractivity contribution in [3.63, 3.8) is 0 Å². The van der Waals surface area contributed by atoms with Gasteiger partial charge >= 0.3 is 5.97 Å². The van der Waals surface area contributed by atoms with Crippen molar-refractivity contribution >= 4 is 29.5 Å². The van der Waals surface area contributed by atoms with Crippen molar-refractivity contribution in [3.05, 3.63) is 0 Å². The van der Waals surface area contributed by atoms with Crippen LogP contribution < -0.4 is 0 Å². The molecule has 0 atom stereocenters. The standard InChI is InChI=1S/C8H14O2S2/c1-8(6-7(9)10-2)11-4-3-5-12-8/h3-6H2,1-2H3. The average molecular weight is 206 g/mol. The van der Waals surface area contributed by atoms with Crippen LogP contribution >= 0.6 is 23.5 Å². The van der Waals surface area contributed by atoms with E-state index in [0.717, 1.165) is 0 Å². The Bertz CT molecular complexity index is 164. The van der Waals surface area contributed by atoms with Gasteiger partial charge in [-0.05, 0) is 24.9 Å². The van der Waals surface area contributed by atoms with Crippen LogP contribution in [0.5, 0.6) is 0 Å². The summed E-state index contributed by atoms with van der Waals surface area (Å²) in [5.41, 5.74) is 0. The highest BCUT2D eigenvalue weighted by Crippen LogP contribution is 2.44. The van der Waals surface area contributed by atoms with E-state index in [-0.39, 0.29) is 10.0 Å². The van der Waals surface area contributed by atoms with Gasteiger partial charge in [-0.25, -0.2) is 0 Å². The Kier molecular flexibility index (Phi) is 3.77. The second-order valence-corrected chi connectivity index (χ2v) is 6.39. The molecule has 70 valence electrons. The van der Waals surface area contributed by atoms with Crippen molar-refractivity contribution in [2.75, 3.05) is 18.6 Å². The molecule has 1 rings (SSSR count). The predicted octanol–water partition coefficient (Wildman–Crippen LogP) is 2.14. The Morgan fingerprint density at radius 1 is 1.50 bits per heavy atom. The van der Waals surface area contributed by atoms with Gasteiger partial charge in [-0.3, -0.25) is 4.79 Å². The molecule has 2 nitrogen and oxygen atoms in total. The Balaban J connectivity index is 2.41. The van der Waals surface area contributed by atoms with E-state index < -0.39 is 0 Å². The summed E-state index contributed by atoms with van der Waals surface area (Å²) in [6, 6.07) is 0. The minimum Gasteiger partial charge on any atom is -0.469 e. The molecule has 0 unspecified atom stereocenters. The van der Waals surface area contributed by atoms with Crippen LogP contribution in [0.25, 0.3) is 0 Å². The van der Waals surface area contributed by atoms with Crippen LogP contribution in [0.15, 0.2) is 0 Å². The Morgan fingerprint density at radius 3 is 2.58 bits per heavy atom. The van der Waals surface area contributed by atoms with E-state index in [0.29, 0.717) is 6.42 Å². The lowest BCUT2D eigenvalue weighted by molar-refractivity contribution is -0.140. The summed E-state index contributed by atoms with van der Waals surface area (Å²) >= 11 is 3.74. The monoisotopic (exact) mass is 206 g/mol. The molecule has 1 saturated heterocycles. The van der Waals surface area contributed by atoms with Crippen LogP contribution in [0.2, 0.25) is 0 Å². The lowest BCUT2D eigenvalue weighted by atomic mass is 10.3. The molecule has 0 aromatic carbocycles. The fourth-order valence-corrected chi connectivity index (χ4v) is 4.01. The number of methoxy groups -OCH3 is 1. The van der Waals surface area contributed by atoms with Crippen LogP contribution in [0, 0.1) is 0 Å². The smallest absolute Gasteiger partial charge is 0.307 e. The van der Waals surface area contributed by atoms with Crippen LogP contribution in [0.4, 0.5) is 0 Å². The predicted molar refractivity (Wildman–Crippen MR) is 54.6 cm³/mol. The van der Waals surface area contributed by atoms with Crippen LogP contribution in [0.3, 0.4) is 0 Å². The number of carbonyl (C=O) groups excluding carboxylic acids is 1. The number of esters is 1. The highest BCUT2D eigenvalue weighted by molar-refractivity contribution is 8.18.